The Labute approximate surface area is 143 Å². The minimum Gasteiger partial charge on any atom is -0.444 e. The second-order valence-electron chi connectivity index (χ2n) is 7.72. The van der Waals surface area contributed by atoms with E-state index in [1.54, 1.807) is 4.90 Å². The van der Waals surface area contributed by atoms with Gasteiger partial charge in [-0.05, 0) is 39.2 Å². The van der Waals surface area contributed by atoms with Crippen LogP contribution >= 0.6 is 0 Å². The van der Waals surface area contributed by atoms with Crippen molar-refractivity contribution in [1.29, 1.82) is 0 Å². The number of benzene rings is 1. The van der Waals surface area contributed by atoms with Gasteiger partial charge in [0.25, 0.3) is 0 Å². The summed E-state index contributed by atoms with van der Waals surface area (Å²) in [6.45, 7) is 6.92. The molecule has 0 N–H and O–H groups in total. The first-order chi connectivity index (χ1) is 11.4. The van der Waals surface area contributed by atoms with Crippen molar-refractivity contribution in [2.45, 2.75) is 63.9 Å². The average Bonchev–Trinajstić information content (AvgIpc) is 2.79. The largest absolute Gasteiger partial charge is 0.444 e. The monoisotopic (exact) mass is 330 g/mol. The molecular weight excluding hydrogens is 304 g/mol. The number of aldehydes is 1. The number of amides is 1. The van der Waals surface area contributed by atoms with Gasteiger partial charge in [-0.1, -0.05) is 30.3 Å². The summed E-state index contributed by atoms with van der Waals surface area (Å²) in [6.07, 6.45) is 2.49. The normalized spacial score (nSPS) is 27.1. The number of nitrogens with zero attached hydrogens (tertiary/aromatic N) is 2. The number of carbonyl (C=O) groups is 2. The molecule has 1 aromatic carbocycles. The zero-order valence-electron chi connectivity index (χ0n) is 14.6. The molecule has 2 unspecified atom stereocenters. The molecule has 2 aliphatic rings. The Balaban J connectivity index is 1.76. The van der Waals surface area contributed by atoms with Crippen molar-refractivity contribution in [3.8, 4) is 0 Å². The van der Waals surface area contributed by atoms with Crippen LogP contribution < -0.4 is 0 Å². The van der Waals surface area contributed by atoms with Gasteiger partial charge in [0.1, 0.15) is 17.9 Å². The molecule has 2 heterocycles. The maximum Gasteiger partial charge on any atom is 0.411 e. The molecule has 1 amide bonds. The van der Waals surface area contributed by atoms with Gasteiger partial charge in [-0.2, -0.15) is 0 Å². The van der Waals surface area contributed by atoms with E-state index in [1.165, 1.54) is 5.56 Å². The van der Waals surface area contributed by atoms with Crippen molar-refractivity contribution in [3.05, 3.63) is 35.9 Å². The van der Waals surface area contributed by atoms with Crippen molar-refractivity contribution >= 4 is 12.4 Å². The summed E-state index contributed by atoms with van der Waals surface area (Å²) in [7, 11) is 0. The van der Waals surface area contributed by atoms with Crippen molar-refractivity contribution in [3.63, 3.8) is 0 Å². The van der Waals surface area contributed by atoms with Crippen LogP contribution in [-0.2, 0) is 16.1 Å². The summed E-state index contributed by atoms with van der Waals surface area (Å²) >= 11 is 0. The number of hydrogen-bond acceptors (Lipinski definition) is 4. The Morgan fingerprint density at radius 3 is 2.58 bits per heavy atom. The predicted octanol–water partition coefficient (Wildman–Crippen LogP) is 2.84. The average molecular weight is 330 g/mol. The summed E-state index contributed by atoms with van der Waals surface area (Å²) in [4.78, 5) is 28.3. The Morgan fingerprint density at radius 2 is 1.96 bits per heavy atom. The summed E-state index contributed by atoms with van der Waals surface area (Å²) in [5, 5.41) is 0. The molecule has 2 aliphatic heterocycles. The molecular formula is C19H26N2O3. The van der Waals surface area contributed by atoms with Gasteiger partial charge in [0.05, 0.1) is 0 Å². The smallest absolute Gasteiger partial charge is 0.411 e. The third kappa shape index (κ3) is 3.46. The van der Waals surface area contributed by atoms with Gasteiger partial charge in [-0.3, -0.25) is 9.80 Å². The number of likely N-dealkylation sites (tertiary alicyclic amines) is 1. The fraction of sp³-hybridized carbons (Fsp3) is 0.579. The van der Waals surface area contributed by atoms with Crippen molar-refractivity contribution in [1.82, 2.24) is 9.80 Å². The fourth-order valence-corrected chi connectivity index (χ4v) is 3.81. The quantitative estimate of drug-likeness (QED) is 0.800. The molecule has 5 heteroatoms. The Hall–Kier alpha value is -1.88. The topological polar surface area (TPSA) is 49.9 Å². The molecule has 130 valence electrons. The summed E-state index contributed by atoms with van der Waals surface area (Å²) in [5.41, 5.74) is 0.690. The van der Waals surface area contributed by atoms with Crippen LogP contribution in [0.1, 0.15) is 39.2 Å². The van der Waals surface area contributed by atoms with Crippen LogP contribution in [0.4, 0.5) is 4.79 Å². The molecule has 0 spiro atoms. The molecule has 3 atom stereocenters. The molecule has 2 fully saturated rings. The van der Waals surface area contributed by atoms with Crippen LogP contribution in [-0.4, -0.2) is 52.5 Å². The van der Waals surface area contributed by atoms with Crippen LogP contribution in [0.3, 0.4) is 0 Å². The second-order valence-corrected chi connectivity index (χ2v) is 7.72. The Morgan fingerprint density at radius 1 is 1.25 bits per heavy atom. The van der Waals surface area contributed by atoms with Gasteiger partial charge < -0.3 is 9.53 Å². The van der Waals surface area contributed by atoms with Gasteiger partial charge in [-0.15, -0.1) is 0 Å². The molecule has 5 nitrogen and oxygen atoms in total. The van der Waals surface area contributed by atoms with Gasteiger partial charge in [0, 0.05) is 25.2 Å². The number of hydrogen-bond donors (Lipinski definition) is 0. The van der Waals surface area contributed by atoms with Gasteiger partial charge in [-0.25, -0.2) is 4.79 Å². The van der Waals surface area contributed by atoms with Crippen LogP contribution in [0.25, 0.3) is 0 Å². The highest BCUT2D eigenvalue weighted by Crippen LogP contribution is 2.35. The van der Waals surface area contributed by atoms with Crippen molar-refractivity contribution < 1.29 is 14.3 Å². The zero-order chi connectivity index (χ0) is 17.3. The number of carbonyl (C=O) groups excluding carboxylic acids is 2. The lowest BCUT2D eigenvalue weighted by molar-refractivity contribution is -0.117. The fourth-order valence-electron chi connectivity index (χ4n) is 3.81. The highest BCUT2D eigenvalue weighted by Gasteiger charge is 2.48. The van der Waals surface area contributed by atoms with Gasteiger partial charge in [0.2, 0.25) is 0 Å². The van der Waals surface area contributed by atoms with E-state index in [2.05, 4.69) is 17.0 Å². The highest BCUT2D eigenvalue weighted by molar-refractivity contribution is 5.75. The molecule has 1 aromatic rings. The number of piperazine rings is 1. The third-order valence-electron chi connectivity index (χ3n) is 4.83. The minimum absolute atomic E-state index is 0.0778. The van der Waals surface area contributed by atoms with E-state index >= 15 is 0 Å². The van der Waals surface area contributed by atoms with Crippen molar-refractivity contribution in [2.24, 2.45) is 0 Å². The maximum atomic E-state index is 12.5. The Bertz CT molecular complexity index is 596. The molecule has 0 radical (unpaired) electrons. The van der Waals surface area contributed by atoms with E-state index in [-0.39, 0.29) is 12.1 Å². The Kier molecular flexibility index (Phi) is 4.63. The van der Waals surface area contributed by atoms with E-state index < -0.39 is 11.6 Å². The summed E-state index contributed by atoms with van der Waals surface area (Å²) in [6, 6.07) is 10.2. The molecule has 0 aromatic heterocycles. The van der Waals surface area contributed by atoms with Gasteiger partial charge in [0.15, 0.2) is 0 Å². The first kappa shape index (κ1) is 17.0. The highest BCUT2D eigenvalue weighted by atomic mass is 16.6. The predicted molar refractivity (Wildman–Crippen MR) is 91.6 cm³/mol. The van der Waals surface area contributed by atoms with E-state index in [1.807, 2.05) is 39.0 Å². The number of rotatable bonds is 3. The molecule has 0 saturated carbocycles. The first-order valence-electron chi connectivity index (χ1n) is 8.63. The van der Waals surface area contributed by atoms with Crippen LogP contribution in [0, 0.1) is 0 Å². The lowest BCUT2D eigenvalue weighted by atomic mass is 10.0. The van der Waals surface area contributed by atoms with Crippen LogP contribution in [0.2, 0.25) is 0 Å². The van der Waals surface area contributed by atoms with E-state index in [0.29, 0.717) is 12.6 Å². The summed E-state index contributed by atoms with van der Waals surface area (Å²) < 4.78 is 5.50. The minimum atomic E-state index is -0.551. The maximum absolute atomic E-state index is 12.5. The molecule has 2 saturated heterocycles. The van der Waals surface area contributed by atoms with Crippen molar-refractivity contribution in [2.75, 3.05) is 6.54 Å². The van der Waals surface area contributed by atoms with Crippen LogP contribution in [0.15, 0.2) is 30.3 Å². The molecule has 0 aliphatic carbocycles. The van der Waals surface area contributed by atoms with Gasteiger partial charge >= 0.3 is 6.09 Å². The molecule has 3 rings (SSSR count). The van der Waals surface area contributed by atoms with E-state index in [4.69, 9.17) is 4.74 Å². The number of ether oxygens (including phenoxy) is 1. The molecule has 24 heavy (non-hydrogen) atoms. The lowest BCUT2D eigenvalue weighted by Crippen LogP contribution is -2.61. The zero-order valence-corrected chi connectivity index (χ0v) is 14.6. The molecule has 2 bridgehead atoms. The lowest BCUT2D eigenvalue weighted by Gasteiger charge is -2.44. The standard InChI is InChI=1S/C19H26N2O3/c1-19(2,3)24-18(23)21-12-15-9-10-16(17(21)13-22)20(15)11-14-7-5-4-6-8-14/h4-8,13,15-17H,9-12H2,1-3H3/t15-,16?,17?/m0/s1. The summed E-state index contributed by atoms with van der Waals surface area (Å²) in [5.74, 6) is 0. The second kappa shape index (κ2) is 6.55. The van der Waals surface area contributed by atoms with E-state index in [9.17, 15) is 9.59 Å². The van der Waals surface area contributed by atoms with E-state index in [0.717, 1.165) is 25.7 Å². The third-order valence-corrected chi connectivity index (χ3v) is 4.83. The van der Waals surface area contributed by atoms with Crippen LogP contribution in [0.5, 0.6) is 0 Å². The number of fused-ring (bicyclic) bond motifs is 2. The SMILES string of the molecule is CC(C)(C)OC(=O)N1C[C@@H]2CCC(C1C=O)N2Cc1ccccc1. The first-order valence-corrected chi connectivity index (χ1v) is 8.63.